The van der Waals surface area contributed by atoms with Crippen LogP contribution in [0.1, 0.15) is 47.5 Å². The van der Waals surface area contributed by atoms with Gasteiger partial charge in [-0.05, 0) is 38.4 Å². The van der Waals surface area contributed by atoms with E-state index in [1.807, 2.05) is 0 Å². The van der Waals surface area contributed by atoms with E-state index >= 15 is 0 Å². The van der Waals surface area contributed by atoms with Crippen LogP contribution in [-0.4, -0.2) is 20.2 Å². The average molecular weight is 230 g/mol. The topological polar surface area (TPSA) is 26.3 Å². The largest absolute Gasteiger partial charge is 0.414 e. The quantitative estimate of drug-likeness (QED) is 0.672. The number of hydrogen-bond donors (Lipinski definition) is 0. The van der Waals surface area contributed by atoms with Gasteiger partial charge in [-0.15, -0.1) is 0 Å². The molecule has 0 aromatic carbocycles. The monoisotopic (exact) mass is 230 g/mol. The van der Waals surface area contributed by atoms with Crippen molar-refractivity contribution in [3.8, 4) is 0 Å². The van der Waals surface area contributed by atoms with Gasteiger partial charge in [-0.1, -0.05) is 20.8 Å². The minimum Gasteiger partial charge on any atom is -0.414 e. The molecule has 3 heteroatoms. The van der Waals surface area contributed by atoms with Crippen LogP contribution in [0.4, 0.5) is 0 Å². The Morgan fingerprint density at radius 3 is 2.13 bits per heavy atom. The fourth-order valence-corrected chi connectivity index (χ4v) is 2.62. The molecule has 0 rings (SSSR count). The molecule has 0 fully saturated rings. The highest BCUT2D eigenvalue weighted by atomic mass is 28.4. The Hall–Kier alpha value is -0.153. The minimum atomic E-state index is -1.65. The summed E-state index contributed by atoms with van der Waals surface area (Å²) in [5.41, 5.74) is 0. The Labute approximate surface area is 95.5 Å². The van der Waals surface area contributed by atoms with Gasteiger partial charge in [-0.3, -0.25) is 0 Å². The molecule has 0 saturated heterocycles. The lowest BCUT2D eigenvalue weighted by atomic mass is 10.2. The van der Waals surface area contributed by atoms with Crippen molar-refractivity contribution >= 4 is 14.1 Å². The predicted octanol–water partition coefficient (Wildman–Crippen LogP) is 3.77. The van der Waals surface area contributed by atoms with Crippen LogP contribution in [-0.2, 0) is 9.22 Å². The first kappa shape index (κ1) is 14.8. The molecular formula is C12H26O2Si. The highest BCUT2D eigenvalue weighted by Crippen LogP contribution is 2.37. The van der Waals surface area contributed by atoms with Crippen molar-refractivity contribution in [3.63, 3.8) is 0 Å². The molecule has 0 aliphatic rings. The third-order valence-electron chi connectivity index (χ3n) is 3.20. The number of carbonyl (C=O) groups is 1. The third kappa shape index (κ3) is 5.47. The van der Waals surface area contributed by atoms with Crippen molar-refractivity contribution in [2.24, 2.45) is 0 Å². The number of rotatable bonds is 5. The molecule has 0 unspecified atom stereocenters. The Morgan fingerprint density at radius 2 is 1.80 bits per heavy atom. The molecule has 0 saturated carbocycles. The fourth-order valence-electron chi connectivity index (χ4n) is 1.15. The average Bonchev–Trinajstić information content (AvgIpc) is 1.97. The van der Waals surface area contributed by atoms with Crippen LogP contribution >= 0.6 is 0 Å². The molecule has 0 N–H and O–H groups in total. The number of ketones is 1. The zero-order chi connectivity index (χ0) is 12.3. The van der Waals surface area contributed by atoms with Crippen LogP contribution in [0, 0.1) is 0 Å². The first-order valence-corrected chi connectivity index (χ1v) is 8.64. The van der Waals surface area contributed by atoms with Crippen molar-refractivity contribution < 1.29 is 9.22 Å². The number of Topliss-reactive ketones (excluding diaryl/α,β-unsaturated/α-hetero) is 1. The number of hydrogen-bond acceptors (Lipinski definition) is 2. The molecule has 0 aromatic heterocycles. The molecule has 0 aliphatic carbocycles. The second-order valence-corrected chi connectivity index (χ2v) is 10.7. The molecule has 0 aromatic rings. The van der Waals surface area contributed by atoms with E-state index in [0.29, 0.717) is 6.42 Å². The van der Waals surface area contributed by atoms with Gasteiger partial charge < -0.3 is 9.22 Å². The first-order valence-electron chi connectivity index (χ1n) is 5.73. The van der Waals surface area contributed by atoms with Crippen LogP contribution < -0.4 is 0 Å². The summed E-state index contributed by atoms with van der Waals surface area (Å²) >= 11 is 0. The molecule has 2 nitrogen and oxygen atoms in total. The molecule has 0 amide bonds. The predicted molar refractivity (Wildman–Crippen MR) is 67.7 cm³/mol. The molecule has 15 heavy (non-hydrogen) atoms. The third-order valence-corrected chi connectivity index (χ3v) is 7.81. The lowest BCUT2D eigenvalue weighted by Gasteiger charge is -2.38. The Kier molecular flexibility index (Phi) is 5.20. The lowest BCUT2D eigenvalue weighted by Crippen LogP contribution is -2.43. The first-order chi connectivity index (χ1) is 6.56. The lowest BCUT2D eigenvalue weighted by molar-refractivity contribution is -0.117. The second kappa shape index (κ2) is 5.26. The molecule has 0 radical (unpaired) electrons. The summed E-state index contributed by atoms with van der Waals surface area (Å²) in [6, 6.07) is 0. The molecule has 0 spiro atoms. The second-order valence-electron chi connectivity index (χ2n) is 5.93. The highest BCUT2D eigenvalue weighted by Gasteiger charge is 2.38. The van der Waals surface area contributed by atoms with E-state index in [1.54, 1.807) is 6.92 Å². The normalized spacial score (nSPS) is 15.1. The maximum Gasteiger partial charge on any atom is 0.192 e. The van der Waals surface area contributed by atoms with Gasteiger partial charge in [0.05, 0.1) is 0 Å². The summed E-state index contributed by atoms with van der Waals surface area (Å²) in [5, 5.41) is 0.248. The van der Waals surface area contributed by atoms with Gasteiger partial charge in [0, 0.05) is 12.5 Å². The zero-order valence-corrected chi connectivity index (χ0v) is 12.3. The molecule has 0 aliphatic heterocycles. The summed E-state index contributed by atoms with van der Waals surface area (Å²) in [6.07, 6.45) is 1.69. The fraction of sp³-hybridized carbons (Fsp3) is 0.917. The van der Waals surface area contributed by atoms with E-state index in [-0.39, 0.29) is 16.9 Å². The van der Waals surface area contributed by atoms with Gasteiger partial charge >= 0.3 is 0 Å². The van der Waals surface area contributed by atoms with Crippen LogP contribution in [0.15, 0.2) is 0 Å². The highest BCUT2D eigenvalue weighted by molar-refractivity contribution is 6.74. The maximum atomic E-state index is 10.9. The van der Waals surface area contributed by atoms with Gasteiger partial charge in [-0.2, -0.15) is 0 Å². The summed E-state index contributed by atoms with van der Waals surface area (Å²) in [5.74, 6) is 0.251. The summed E-state index contributed by atoms with van der Waals surface area (Å²) < 4.78 is 6.14. The SMILES string of the molecule is CC(=O)CC[C@@H](C)O[Si](C)(C)C(C)(C)C. The van der Waals surface area contributed by atoms with Crippen LogP contribution in [0.5, 0.6) is 0 Å². The van der Waals surface area contributed by atoms with Gasteiger partial charge in [-0.25, -0.2) is 0 Å². The molecule has 1 atom stereocenters. The Balaban J connectivity index is 4.16. The van der Waals surface area contributed by atoms with Crippen molar-refractivity contribution in [2.45, 2.75) is 71.7 Å². The van der Waals surface area contributed by atoms with E-state index < -0.39 is 8.32 Å². The maximum absolute atomic E-state index is 10.9. The summed E-state index contributed by atoms with van der Waals surface area (Å²) in [6.45, 7) is 14.9. The van der Waals surface area contributed by atoms with Crippen LogP contribution in [0.2, 0.25) is 18.1 Å². The van der Waals surface area contributed by atoms with E-state index in [0.717, 1.165) is 6.42 Å². The summed E-state index contributed by atoms with van der Waals surface area (Å²) in [4.78, 5) is 10.9. The summed E-state index contributed by atoms with van der Waals surface area (Å²) in [7, 11) is -1.65. The van der Waals surface area contributed by atoms with Crippen LogP contribution in [0.3, 0.4) is 0 Å². The van der Waals surface area contributed by atoms with Crippen molar-refractivity contribution in [3.05, 3.63) is 0 Å². The molecule has 90 valence electrons. The van der Waals surface area contributed by atoms with E-state index in [4.69, 9.17) is 4.43 Å². The Bertz CT molecular complexity index is 216. The van der Waals surface area contributed by atoms with Gasteiger partial charge in [0.2, 0.25) is 0 Å². The van der Waals surface area contributed by atoms with Gasteiger partial charge in [0.15, 0.2) is 8.32 Å². The van der Waals surface area contributed by atoms with E-state index in [2.05, 4.69) is 40.8 Å². The van der Waals surface area contributed by atoms with E-state index in [1.165, 1.54) is 0 Å². The van der Waals surface area contributed by atoms with Crippen molar-refractivity contribution in [2.75, 3.05) is 0 Å². The molecule has 0 heterocycles. The van der Waals surface area contributed by atoms with Gasteiger partial charge in [0.25, 0.3) is 0 Å². The smallest absolute Gasteiger partial charge is 0.192 e. The van der Waals surface area contributed by atoms with Crippen molar-refractivity contribution in [1.82, 2.24) is 0 Å². The van der Waals surface area contributed by atoms with Gasteiger partial charge in [0.1, 0.15) is 5.78 Å². The van der Waals surface area contributed by atoms with Crippen molar-refractivity contribution in [1.29, 1.82) is 0 Å². The number of carbonyl (C=O) groups excluding carboxylic acids is 1. The van der Waals surface area contributed by atoms with E-state index in [9.17, 15) is 4.79 Å². The van der Waals surface area contributed by atoms with Crippen LogP contribution in [0.25, 0.3) is 0 Å². The molecular weight excluding hydrogens is 204 g/mol. The minimum absolute atomic E-state index is 0.204. The molecule has 0 bridgehead atoms. The Morgan fingerprint density at radius 1 is 1.33 bits per heavy atom. The standard InChI is InChI=1S/C12H26O2Si/c1-10(13)8-9-11(2)14-15(6,7)12(3,4)5/h11H,8-9H2,1-7H3/t11-/m1/s1. The zero-order valence-electron chi connectivity index (χ0n) is 11.3.